The molecule has 0 fully saturated rings. The average Bonchev–Trinajstić information content (AvgIpc) is 2.92. The van der Waals surface area contributed by atoms with Gasteiger partial charge < -0.3 is 14.6 Å². The zero-order valence-electron chi connectivity index (χ0n) is 26.3. The van der Waals surface area contributed by atoms with E-state index in [1.165, 1.54) is 109 Å². The number of carbonyl (C=O) groups is 2. The minimum Gasteiger partial charge on any atom is -0.462 e. The van der Waals surface area contributed by atoms with E-state index in [9.17, 15) is 14.7 Å². The molecule has 0 rings (SSSR count). The Morgan fingerprint density at radius 2 is 0.949 bits per heavy atom. The second kappa shape index (κ2) is 29.9. The first-order valence-corrected chi connectivity index (χ1v) is 17.0. The van der Waals surface area contributed by atoms with Gasteiger partial charge in [-0.3, -0.25) is 9.59 Å². The number of carbonyl (C=O) groups excluding carboxylic acids is 2. The summed E-state index contributed by atoms with van der Waals surface area (Å²) in [6.07, 6.45) is 28.7. The molecule has 0 aromatic heterocycles. The quantitative estimate of drug-likeness (QED) is 0.0706. The normalized spacial score (nSPS) is 12.1. The number of ether oxygens (including phenoxy) is 2. The molecule has 0 unspecified atom stereocenters. The molecule has 0 aromatic rings. The van der Waals surface area contributed by atoms with Crippen molar-refractivity contribution in [3.63, 3.8) is 0 Å². The Morgan fingerprint density at radius 3 is 1.36 bits per heavy atom. The van der Waals surface area contributed by atoms with Crippen LogP contribution in [0.15, 0.2) is 0 Å². The third kappa shape index (κ3) is 29.7. The molecule has 0 heterocycles. The molecule has 0 saturated heterocycles. The standard InChI is InChI=1S/C34H66O5/c1-4-5-6-7-8-9-10-11-12-15-19-22-25-28-34(37)39-32(29-35)30-38-33(36)27-24-21-18-16-13-14-17-20-23-26-31(2)3/h31-32,35H,4-30H2,1-3H3/t32-/m0/s1. The maximum Gasteiger partial charge on any atom is 0.306 e. The lowest BCUT2D eigenvalue weighted by atomic mass is 10.0. The van der Waals surface area contributed by atoms with E-state index in [1.807, 2.05) is 0 Å². The van der Waals surface area contributed by atoms with Crippen LogP contribution < -0.4 is 0 Å². The Bertz CT molecular complexity index is 534. The highest BCUT2D eigenvalue weighted by atomic mass is 16.6. The summed E-state index contributed by atoms with van der Waals surface area (Å²) in [5.41, 5.74) is 0. The maximum absolute atomic E-state index is 12.1. The third-order valence-electron chi connectivity index (χ3n) is 7.58. The van der Waals surface area contributed by atoms with Gasteiger partial charge in [0.25, 0.3) is 0 Å². The maximum atomic E-state index is 12.1. The fraction of sp³-hybridized carbons (Fsp3) is 0.941. The van der Waals surface area contributed by atoms with E-state index in [2.05, 4.69) is 20.8 Å². The number of rotatable bonds is 30. The van der Waals surface area contributed by atoms with Gasteiger partial charge in [-0.1, -0.05) is 156 Å². The Kier molecular flexibility index (Phi) is 29.0. The van der Waals surface area contributed by atoms with Crippen molar-refractivity contribution in [3.05, 3.63) is 0 Å². The molecule has 1 N–H and O–H groups in total. The van der Waals surface area contributed by atoms with Crippen LogP contribution in [0.3, 0.4) is 0 Å². The molecular formula is C34H66O5. The summed E-state index contributed by atoms with van der Waals surface area (Å²) in [5, 5.41) is 9.49. The van der Waals surface area contributed by atoms with Gasteiger partial charge in [0.2, 0.25) is 0 Å². The lowest BCUT2D eigenvalue weighted by Gasteiger charge is -2.15. The first kappa shape index (κ1) is 37.9. The number of hydrogen-bond acceptors (Lipinski definition) is 5. The van der Waals surface area contributed by atoms with Gasteiger partial charge in [-0.05, 0) is 18.8 Å². The van der Waals surface area contributed by atoms with E-state index in [4.69, 9.17) is 9.47 Å². The molecule has 1 atom stereocenters. The number of hydrogen-bond donors (Lipinski definition) is 1. The average molecular weight is 555 g/mol. The van der Waals surface area contributed by atoms with Gasteiger partial charge in [-0.2, -0.15) is 0 Å². The molecule has 0 spiro atoms. The molecule has 39 heavy (non-hydrogen) atoms. The van der Waals surface area contributed by atoms with E-state index in [1.54, 1.807) is 0 Å². The highest BCUT2D eigenvalue weighted by Crippen LogP contribution is 2.15. The lowest BCUT2D eigenvalue weighted by Crippen LogP contribution is -2.28. The fourth-order valence-corrected chi connectivity index (χ4v) is 4.97. The van der Waals surface area contributed by atoms with Crippen molar-refractivity contribution >= 4 is 11.9 Å². The zero-order chi connectivity index (χ0) is 28.8. The largest absolute Gasteiger partial charge is 0.462 e. The predicted molar refractivity (Wildman–Crippen MR) is 164 cm³/mol. The Morgan fingerprint density at radius 1 is 0.564 bits per heavy atom. The van der Waals surface area contributed by atoms with E-state index in [-0.39, 0.29) is 25.2 Å². The molecular weight excluding hydrogens is 488 g/mol. The Labute approximate surface area is 242 Å². The number of unbranched alkanes of at least 4 members (excludes halogenated alkanes) is 20. The van der Waals surface area contributed by atoms with Crippen LogP contribution in [-0.2, 0) is 19.1 Å². The molecule has 0 aliphatic carbocycles. The number of aliphatic hydroxyl groups is 1. The highest BCUT2D eigenvalue weighted by molar-refractivity contribution is 5.70. The number of esters is 2. The third-order valence-corrected chi connectivity index (χ3v) is 7.58. The van der Waals surface area contributed by atoms with Gasteiger partial charge >= 0.3 is 11.9 Å². The lowest BCUT2D eigenvalue weighted by molar-refractivity contribution is -0.161. The van der Waals surface area contributed by atoms with E-state index in [0.29, 0.717) is 12.8 Å². The highest BCUT2D eigenvalue weighted by Gasteiger charge is 2.16. The van der Waals surface area contributed by atoms with Crippen LogP contribution in [0.1, 0.15) is 181 Å². The second-order valence-corrected chi connectivity index (χ2v) is 12.1. The van der Waals surface area contributed by atoms with Gasteiger partial charge in [-0.15, -0.1) is 0 Å². The SMILES string of the molecule is CCCCCCCCCCCCCCCC(=O)O[C@@H](CO)COC(=O)CCCCCCCCCCCC(C)C. The Hall–Kier alpha value is -1.10. The second-order valence-electron chi connectivity index (χ2n) is 12.1. The minimum absolute atomic E-state index is 0.0590. The first-order chi connectivity index (χ1) is 19.0. The molecule has 232 valence electrons. The van der Waals surface area contributed by atoms with Crippen molar-refractivity contribution in [1.29, 1.82) is 0 Å². The molecule has 0 bridgehead atoms. The number of aliphatic hydroxyl groups excluding tert-OH is 1. The van der Waals surface area contributed by atoms with Gasteiger partial charge in [0.1, 0.15) is 6.61 Å². The molecule has 0 saturated carbocycles. The molecule has 0 amide bonds. The molecule has 5 heteroatoms. The van der Waals surface area contributed by atoms with Crippen LogP contribution in [-0.4, -0.2) is 36.4 Å². The van der Waals surface area contributed by atoms with Crippen molar-refractivity contribution < 1.29 is 24.2 Å². The van der Waals surface area contributed by atoms with Gasteiger partial charge in [0.15, 0.2) is 6.10 Å². The van der Waals surface area contributed by atoms with E-state index < -0.39 is 6.10 Å². The van der Waals surface area contributed by atoms with Crippen molar-refractivity contribution in [2.24, 2.45) is 5.92 Å². The van der Waals surface area contributed by atoms with Crippen LogP contribution in [0.25, 0.3) is 0 Å². The fourth-order valence-electron chi connectivity index (χ4n) is 4.97. The van der Waals surface area contributed by atoms with Gasteiger partial charge in [0, 0.05) is 12.8 Å². The molecule has 0 aliphatic rings. The van der Waals surface area contributed by atoms with Crippen LogP contribution in [0.5, 0.6) is 0 Å². The summed E-state index contributed by atoms with van der Waals surface area (Å²) in [7, 11) is 0. The molecule has 0 aromatic carbocycles. The van der Waals surface area contributed by atoms with Crippen molar-refractivity contribution in [2.75, 3.05) is 13.2 Å². The molecule has 0 radical (unpaired) electrons. The summed E-state index contributed by atoms with van der Waals surface area (Å²) < 4.78 is 10.5. The van der Waals surface area contributed by atoms with Crippen LogP contribution in [0, 0.1) is 5.92 Å². The van der Waals surface area contributed by atoms with Gasteiger partial charge in [-0.25, -0.2) is 0 Å². The monoisotopic (exact) mass is 554 g/mol. The minimum atomic E-state index is -0.760. The van der Waals surface area contributed by atoms with E-state index >= 15 is 0 Å². The van der Waals surface area contributed by atoms with Crippen molar-refractivity contribution in [3.8, 4) is 0 Å². The van der Waals surface area contributed by atoms with Crippen LogP contribution >= 0.6 is 0 Å². The Balaban J connectivity index is 3.55. The summed E-state index contributed by atoms with van der Waals surface area (Å²) >= 11 is 0. The molecule has 0 aliphatic heterocycles. The van der Waals surface area contributed by atoms with E-state index in [0.717, 1.165) is 44.4 Å². The predicted octanol–water partition coefficient (Wildman–Crippen LogP) is 9.86. The van der Waals surface area contributed by atoms with Crippen molar-refractivity contribution in [2.45, 2.75) is 187 Å². The van der Waals surface area contributed by atoms with Crippen molar-refractivity contribution in [1.82, 2.24) is 0 Å². The summed E-state index contributed by atoms with van der Waals surface area (Å²) in [4.78, 5) is 24.1. The van der Waals surface area contributed by atoms with Crippen LogP contribution in [0.2, 0.25) is 0 Å². The molecule has 5 nitrogen and oxygen atoms in total. The zero-order valence-corrected chi connectivity index (χ0v) is 26.3. The first-order valence-electron chi connectivity index (χ1n) is 17.0. The topological polar surface area (TPSA) is 72.8 Å². The summed E-state index contributed by atoms with van der Waals surface area (Å²) in [5.74, 6) is 0.235. The van der Waals surface area contributed by atoms with Gasteiger partial charge in [0.05, 0.1) is 6.61 Å². The summed E-state index contributed by atoms with van der Waals surface area (Å²) in [6, 6.07) is 0. The smallest absolute Gasteiger partial charge is 0.306 e. The van der Waals surface area contributed by atoms with Crippen LogP contribution in [0.4, 0.5) is 0 Å². The summed E-state index contributed by atoms with van der Waals surface area (Å²) in [6.45, 7) is 6.45.